The minimum Gasteiger partial charge on any atom is -0.449 e. The molecular formula is C17H12OS. The van der Waals surface area contributed by atoms with Crippen molar-refractivity contribution in [3.63, 3.8) is 0 Å². The van der Waals surface area contributed by atoms with Crippen molar-refractivity contribution in [3.05, 3.63) is 65.7 Å². The van der Waals surface area contributed by atoms with Crippen molar-refractivity contribution in [2.24, 2.45) is 0 Å². The van der Waals surface area contributed by atoms with E-state index < -0.39 is 0 Å². The van der Waals surface area contributed by atoms with Crippen molar-refractivity contribution < 1.29 is 4.42 Å². The monoisotopic (exact) mass is 264 g/mol. The van der Waals surface area contributed by atoms with Crippen LogP contribution in [0.1, 0.15) is 11.1 Å². The predicted octanol–water partition coefficient (Wildman–Crippen LogP) is 4.55. The summed E-state index contributed by atoms with van der Waals surface area (Å²) in [6.07, 6.45) is 2.01. The molecule has 0 N–H and O–H groups in total. The van der Waals surface area contributed by atoms with Gasteiger partial charge in [0, 0.05) is 10.9 Å². The van der Waals surface area contributed by atoms with E-state index in [1.54, 1.807) is 11.8 Å². The lowest BCUT2D eigenvalue weighted by Gasteiger charge is -1.90. The molecule has 0 aliphatic heterocycles. The van der Waals surface area contributed by atoms with E-state index in [1.165, 1.54) is 0 Å². The third-order valence-corrected chi connectivity index (χ3v) is 3.51. The highest BCUT2D eigenvalue weighted by molar-refractivity contribution is 7.98. The number of rotatable bonds is 1. The standard InChI is InChI=1S/C17H12OS/c1-19-17-15(12-11-13-7-3-2-4-8-13)14-9-5-6-10-16(14)18-17/h2-10H,1H3. The predicted molar refractivity (Wildman–Crippen MR) is 80.4 cm³/mol. The summed E-state index contributed by atoms with van der Waals surface area (Å²) in [6, 6.07) is 18.0. The highest BCUT2D eigenvalue weighted by atomic mass is 32.2. The van der Waals surface area contributed by atoms with Gasteiger partial charge in [-0.2, -0.15) is 0 Å². The summed E-state index contributed by atoms with van der Waals surface area (Å²) in [5.74, 6) is 6.43. The van der Waals surface area contributed by atoms with Crippen LogP contribution in [0.4, 0.5) is 0 Å². The fourth-order valence-electron chi connectivity index (χ4n) is 1.94. The van der Waals surface area contributed by atoms with Gasteiger partial charge in [0.05, 0.1) is 5.56 Å². The quantitative estimate of drug-likeness (QED) is 0.472. The van der Waals surface area contributed by atoms with Gasteiger partial charge in [-0.1, -0.05) is 53.9 Å². The molecule has 0 spiro atoms. The topological polar surface area (TPSA) is 13.1 Å². The molecule has 0 unspecified atom stereocenters. The van der Waals surface area contributed by atoms with E-state index in [-0.39, 0.29) is 0 Å². The Morgan fingerprint density at radius 1 is 0.895 bits per heavy atom. The van der Waals surface area contributed by atoms with E-state index >= 15 is 0 Å². The van der Waals surface area contributed by atoms with Gasteiger partial charge in [0.2, 0.25) is 0 Å². The van der Waals surface area contributed by atoms with Crippen molar-refractivity contribution >= 4 is 22.7 Å². The number of thioether (sulfide) groups is 1. The zero-order valence-electron chi connectivity index (χ0n) is 10.5. The van der Waals surface area contributed by atoms with Gasteiger partial charge in [0.15, 0.2) is 5.09 Å². The molecule has 1 nitrogen and oxygen atoms in total. The molecule has 0 aliphatic carbocycles. The molecule has 0 fully saturated rings. The fourth-order valence-corrected chi connectivity index (χ4v) is 2.48. The molecule has 1 heterocycles. The Balaban J connectivity index is 2.12. The van der Waals surface area contributed by atoms with E-state index in [0.717, 1.165) is 27.2 Å². The van der Waals surface area contributed by atoms with Gasteiger partial charge in [0.1, 0.15) is 5.58 Å². The van der Waals surface area contributed by atoms with Gasteiger partial charge in [-0.15, -0.1) is 0 Å². The molecule has 1 aromatic heterocycles. The first-order valence-electron chi connectivity index (χ1n) is 6.01. The first kappa shape index (κ1) is 12.0. The summed E-state index contributed by atoms with van der Waals surface area (Å²) in [7, 11) is 0. The summed E-state index contributed by atoms with van der Waals surface area (Å²) in [4.78, 5) is 0. The lowest BCUT2D eigenvalue weighted by molar-refractivity contribution is 0.514. The number of furan rings is 1. The maximum absolute atomic E-state index is 5.80. The van der Waals surface area contributed by atoms with Crippen LogP contribution >= 0.6 is 11.8 Å². The zero-order valence-corrected chi connectivity index (χ0v) is 11.3. The molecule has 2 aromatic carbocycles. The first-order chi connectivity index (χ1) is 9.38. The average molecular weight is 264 g/mol. The average Bonchev–Trinajstić information content (AvgIpc) is 2.84. The van der Waals surface area contributed by atoms with Gasteiger partial charge >= 0.3 is 0 Å². The van der Waals surface area contributed by atoms with Crippen LogP contribution in [0.25, 0.3) is 11.0 Å². The van der Waals surface area contributed by atoms with E-state index in [4.69, 9.17) is 4.42 Å². The normalized spacial score (nSPS) is 10.2. The maximum atomic E-state index is 5.80. The summed E-state index contributed by atoms with van der Waals surface area (Å²) >= 11 is 1.59. The van der Waals surface area contributed by atoms with E-state index in [1.807, 2.05) is 60.9 Å². The summed E-state index contributed by atoms with van der Waals surface area (Å²) in [5.41, 5.74) is 2.89. The highest BCUT2D eigenvalue weighted by Crippen LogP contribution is 2.30. The minimum atomic E-state index is 0.879. The lowest BCUT2D eigenvalue weighted by atomic mass is 10.1. The second-order valence-corrected chi connectivity index (χ2v) is 4.86. The first-order valence-corrected chi connectivity index (χ1v) is 7.23. The van der Waals surface area contributed by atoms with E-state index in [2.05, 4.69) is 11.8 Å². The van der Waals surface area contributed by atoms with Gasteiger partial charge in [0.25, 0.3) is 0 Å². The molecule has 92 valence electrons. The molecule has 19 heavy (non-hydrogen) atoms. The van der Waals surface area contributed by atoms with Crippen molar-refractivity contribution in [1.29, 1.82) is 0 Å². The minimum absolute atomic E-state index is 0.879. The Morgan fingerprint density at radius 2 is 1.63 bits per heavy atom. The van der Waals surface area contributed by atoms with Crippen LogP contribution in [-0.2, 0) is 0 Å². The summed E-state index contributed by atoms with van der Waals surface area (Å²) in [6.45, 7) is 0. The maximum Gasteiger partial charge on any atom is 0.176 e. The Morgan fingerprint density at radius 3 is 2.42 bits per heavy atom. The Kier molecular flexibility index (Phi) is 3.31. The van der Waals surface area contributed by atoms with Gasteiger partial charge in [-0.25, -0.2) is 0 Å². The van der Waals surface area contributed by atoms with Gasteiger partial charge in [-0.05, 0) is 30.5 Å². The third-order valence-electron chi connectivity index (χ3n) is 2.85. The van der Waals surface area contributed by atoms with Crippen molar-refractivity contribution in [2.45, 2.75) is 5.09 Å². The van der Waals surface area contributed by atoms with Crippen LogP contribution in [0.5, 0.6) is 0 Å². The lowest BCUT2D eigenvalue weighted by Crippen LogP contribution is -1.76. The van der Waals surface area contributed by atoms with Crippen molar-refractivity contribution in [2.75, 3.05) is 6.26 Å². The molecule has 0 saturated heterocycles. The second-order valence-electron chi connectivity index (χ2n) is 4.08. The second kappa shape index (κ2) is 5.26. The molecule has 0 amide bonds. The smallest absolute Gasteiger partial charge is 0.176 e. The van der Waals surface area contributed by atoms with Crippen molar-refractivity contribution in [1.82, 2.24) is 0 Å². The SMILES string of the molecule is CSc1oc2ccccc2c1C#Cc1ccccc1. The molecule has 0 aliphatic rings. The van der Waals surface area contributed by atoms with Crippen LogP contribution in [0.15, 0.2) is 64.1 Å². The zero-order chi connectivity index (χ0) is 13.1. The van der Waals surface area contributed by atoms with Crippen molar-refractivity contribution in [3.8, 4) is 11.8 Å². The van der Waals surface area contributed by atoms with Crippen LogP contribution < -0.4 is 0 Å². The number of hydrogen-bond donors (Lipinski definition) is 0. The molecule has 3 aromatic rings. The van der Waals surface area contributed by atoms with Gasteiger partial charge in [-0.3, -0.25) is 0 Å². The summed E-state index contributed by atoms with van der Waals surface area (Å²) < 4.78 is 5.80. The number of hydrogen-bond acceptors (Lipinski definition) is 2. The van der Waals surface area contributed by atoms with Crippen LogP contribution in [0.3, 0.4) is 0 Å². The van der Waals surface area contributed by atoms with Gasteiger partial charge < -0.3 is 4.42 Å². The van der Waals surface area contributed by atoms with Crippen LogP contribution in [-0.4, -0.2) is 6.26 Å². The molecular weight excluding hydrogens is 252 g/mol. The number of fused-ring (bicyclic) bond motifs is 1. The Bertz CT molecular complexity index is 760. The molecule has 0 radical (unpaired) electrons. The highest BCUT2D eigenvalue weighted by Gasteiger charge is 2.10. The fraction of sp³-hybridized carbons (Fsp3) is 0.0588. The molecule has 3 rings (SSSR count). The van der Waals surface area contributed by atoms with E-state index in [9.17, 15) is 0 Å². The third kappa shape index (κ3) is 2.38. The largest absolute Gasteiger partial charge is 0.449 e. The van der Waals surface area contributed by atoms with Crippen LogP contribution in [0.2, 0.25) is 0 Å². The Hall–Kier alpha value is -2.11. The molecule has 0 bridgehead atoms. The van der Waals surface area contributed by atoms with E-state index in [0.29, 0.717) is 0 Å². The molecule has 0 saturated carbocycles. The molecule has 2 heteroatoms. The summed E-state index contributed by atoms with van der Waals surface area (Å²) in [5, 5.41) is 1.96. The number of para-hydroxylation sites is 1. The molecule has 0 atom stereocenters. The Labute approximate surface area is 116 Å². The van der Waals surface area contributed by atoms with Crippen LogP contribution in [0, 0.1) is 11.8 Å². The number of benzene rings is 2.